The first-order valence-corrected chi connectivity index (χ1v) is 6.58. The third-order valence-corrected chi connectivity index (χ3v) is 3.55. The van der Waals surface area contributed by atoms with Gasteiger partial charge in [-0.3, -0.25) is 4.79 Å². The van der Waals surface area contributed by atoms with E-state index >= 15 is 0 Å². The molecule has 0 N–H and O–H groups in total. The van der Waals surface area contributed by atoms with Crippen LogP contribution >= 0.6 is 11.8 Å². The second-order valence-corrected chi connectivity index (χ2v) is 4.78. The Balaban J connectivity index is 2.28. The molecule has 1 aromatic carbocycles. The van der Waals surface area contributed by atoms with E-state index in [0.717, 1.165) is 0 Å². The molecule has 108 valence electrons. The molecule has 0 amide bonds. The van der Waals surface area contributed by atoms with Crippen LogP contribution in [0, 0.1) is 11.3 Å². The first-order chi connectivity index (χ1) is 10.2. The van der Waals surface area contributed by atoms with Gasteiger partial charge in [-0.25, -0.2) is 4.68 Å². The molecular formula is C12H11N5O3S. The highest BCUT2D eigenvalue weighted by Crippen LogP contribution is 2.31. The van der Waals surface area contributed by atoms with Gasteiger partial charge in [-0.15, -0.1) is 5.10 Å². The molecule has 0 bridgehead atoms. The van der Waals surface area contributed by atoms with Gasteiger partial charge in [0.1, 0.15) is 18.4 Å². The Morgan fingerprint density at radius 3 is 2.95 bits per heavy atom. The summed E-state index contributed by atoms with van der Waals surface area (Å²) in [6, 6.07) is 7.14. The van der Waals surface area contributed by atoms with Gasteiger partial charge in [0.05, 0.1) is 19.8 Å². The molecule has 2 rings (SSSR count). The number of tetrazole rings is 1. The second-order valence-electron chi connectivity index (χ2n) is 3.77. The second kappa shape index (κ2) is 6.71. The van der Waals surface area contributed by atoms with Gasteiger partial charge in [-0.05, 0) is 40.4 Å². The molecular weight excluding hydrogens is 294 g/mol. The van der Waals surface area contributed by atoms with E-state index < -0.39 is 5.97 Å². The van der Waals surface area contributed by atoms with Crippen molar-refractivity contribution in [3.8, 4) is 11.8 Å². The lowest BCUT2D eigenvalue weighted by molar-refractivity contribution is -0.141. The summed E-state index contributed by atoms with van der Waals surface area (Å²) in [5.74, 6) is 0.152. The molecule has 9 heteroatoms. The van der Waals surface area contributed by atoms with Crippen LogP contribution in [0.1, 0.15) is 5.56 Å². The summed E-state index contributed by atoms with van der Waals surface area (Å²) in [6.45, 7) is -0.0995. The van der Waals surface area contributed by atoms with Gasteiger partial charge < -0.3 is 9.47 Å². The molecule has 8 nitrogen and oxygen atoms in total. The highest BCUT2D eigenvalue weighted by Gasteiger charge is 2.14. The lowest BCUT2D eigenvalue weighted by Crippen LogP contribution is -2.13. The van der Waals surface area contributed by atoms with Crippen LogP contribution in [0.4, 0.5) is 0 Å². The molecule has 0 fully saturated rings. The Bertz CT molecular complexity index is 694. The Labute approximate surface area is 124 Å². The van der Waals surface area contributed by atoms with Crippen LogP contribution in [0.2, 0.25) is 0 Å². The molecule has 0 atom stereocenters. The number of esters is 1. The molecule has 1 aromatic heterocycles. The van der Waals surface area contributed by atoms with E-state index in [9.17, 15) is 4.79 Å². The maximum atomic E-state index is 11.3. The van der Waals surface area contributed by atoms with Crippen LogP contribution in [-0.4, -0.2) is 40.4 Å². The number of hydrogen-bond donors (Lipinski definition) is 0. The van der Waals surface area contributed by atoms with Crippen molar-refractivity contribution < 1.29 is 14.3 Å². The Kier molecular flexibility index (Phi) is 4.73. The molecule has 2 aromatic rings. The normalized spacial score (nSPS) is 9.95. The number of ether oxygens (including phenoxy) is 2. The predicted molar refractivity (Wildman–Crippen MR) is 71.7 cm³/mol. The zero-order valence-electron chi connectivity index (χ0n) is 11.3. The number of rotatable bonds is 5. The molecule has 0 radical (unpaired) electrons. The van der Waals surface area contributed by atoms with E-state index in [1.807, 2.05) is 0 Å². The molecule has 0 unspecified atom stereocenters. The monoisotopic (exact) mass is 305 g/mol. The fraction of sp³-hybridized carbons (Fsp3) is 0.250. The number of carbonyl (C=O) groups excluding carboxylic acids is 1. The van der Waals surface area contributed by atoms with Crippen molar-refractivity contribution in [2.75, 3.05) is 14.2 Å². The average molecular weight is 305 g/mol. The minimum absolute atomic E-state index is 0.0995. The molecule has 0 aliphatic rings. The summed E-state index contributed by atoms with van der Waals surface area (Å²) in [4.78, 5) is 11.9. The lowest BCUT2D eigenvalue weighted by atomic mass is 10.2. The van der Waals surface area contributed by atoms with E-state index in [0.29, 0.717) is 21.4 Å². The van der Waals surface area contributed by atoms with Crippen molar-refractivity contribution in [2.24, 2.45) is 0 Å². The van der Waals surface area contributed by atoms with Crippen molar-refractivity contribution in [3.05, 3.63) is 23.8 Å². The molecule has 0 aliphatic carbocycles. The zero-order valence-corrected chi connectivity index (χ0v) is 12.1. The van der Waals surface area contributed by atoms with Crippen LogP contribution in [0.3, 0.4) is 0 Å². The first-order valence-electron chi connectivity index (χ1n) is 5.77. The van der Waals surface area contributed by atoms with Crippen LogP contribution in [0.5, 0.6) is 5.75 Å². The van der Waals surface area contributed by atoms with Gasteiger partial charge in [-0.2, -0.15) is 5.26 Å². The smallest absolute Gasteiger partial charge is 0.327 e. The zero-order chi connectivity index (χ0) is 15.2. The van der Waals surface area contributed by atoms with Gasteiger partial charge in [-0.1, -0.05) is 0 Å². The van der Waals surface area contributed by atoms with Gasteiger partial charge >= 0.3 is 5.97 Å². The third-order valence-electron chi connectivity index (χ3n) is 2.52. The number of carbonyl (C=O) groups is 1. The summed E-state index contributed by atoms with van der Waals surface area (Å²) < 4.78 is 11.0. The Morgan fingerprint density at radius 1 is 1.48 bits per heavy atom. The van der Waals surface area contributed by atoms with Crippen LogP contribution in [0.15, 0.2) is 28.3 Å². The molecule has 0 saturated heterocycles. The average Bonchev–Trinajstić information content (AvgIpc) is 2.94. The lowest BCUT2D eigenvalue weighted by Gasteiger charge is -2.06. The third kappa shape index (κ3) is 3.49. The molecule has 21 heavy (non-hydrogen) atoms. The van der Waals surface area contributed by atoms with Crippen molar-refractivity contribution in [1.82, 2.24) is 20.2 Å². The molecule has 1 heterocycles. The Morgan fingerprint density at radius 2 is 2.29 bits per heavy atom. The fourth-order valence-corrected chi connectivity index (χ4v) is 2.34. The number of nitrogens with zero attached hydrogens (tertiary/aromatic N) is 5. The van der Waals surface area contributed by atoms with E-state index in [-0.39, 0.29) is 6.54 Å². The maximum Gasteiger partial charge on any atom is 0.327 e. The highest BCUT2D eigenvalue weighted by atomic mass is 32.2. The molecule has 0 aliphatic heterocycles. The fourth-order valence-electron chi connectivity index (χ4n) is 1.46. The number of hydrogen-bond acceptors (Lipinski definition) is 8. The minimum atomic E-state index is -0.463. The van der Waals surface area contributed by atoms with Crippen LogP contribution in [-0.2, 0) is 16.1 Å². The van der Waals surface area contributed by atoms with Crippen molar-refractivity contribution in [3.63, 3.8) is 0 Å². The van der Waals surface area contributed by atoms with E-state index in [4.69, 9.17) is 10.00 Å². The van der Waals surface area contributed by atoms with Crippen LogP contribution in [0.25, 0.3) is 0 Å². The van der Waals surface area contributed by atoms with Crippen molar-refractivity contribution in [1.29, 1.82) is 5.26 Å². The Hall–Kier alpha value is -2.60. The highest BCUT2D eigenvalue weighted by molar-refractivity contribution is 7.99. The SMILES string of the molecule is COC(=O)Cn1nnnc1Sc1cc(OC)ccc1C#N. The van der Waals surface area contributed by atoms with E-state index in [1.165, 1.54) is 30.7 Å². The summed E-state index contributed by atoms with van der Waals surface area (Å²) in [5, 5.41) is 20.6. The van der Waals surface area contributed by atoms with Crippen LogP contribution < -0.4 is 4.74 Å². The summed E-state index contributed by atoms with van der Waals surface area (Å²) in [7, 11) is 2.83. The van der Waals surface area contributed by atoms with Crippen molar-refractivity contribution in [2.45, 2.75) is 16.6 Å². The van der Waals surface area contributed by atoms with Gasteiger partial charge in [0.15, 0.2) is 0 Å². The van der Waals surface area contributed by atoms with Crippen molar-refractivity contribution >= 4 is 17.7 Å². The largest absolute Gasteiger partial charge is 0.497 e. The quantitative estimate of drug-likeness (QED) is 0.750. The first kappa shape index (κ1) is 14.8. The molecule has 0 saturated carbocycles. The number of methoxy groups -OCH3 is 2. The number of benzene rings is 1. The maximum absolute atomic E-state index is 11.3. The number of aromatic nitrogens is 4. The standard InChI is InChI=1S/C12H11N5O3S/c1-19-9-4-3-8(6-13)10(5-9)21-12-14-15-16-17(12)7-11(18)20-2/h3-5H,7H2,1-2H3. The predicted octanol–water partition coefficient (Wildman–Crippen LogP) is 0.878. The van der Waals surface area contributed by atoms with Gasteiger partial charge in [0, 0.05) is 4.90 Å². The topological polar surface area (TPSA) is 103 Å². The minimum Gasteiger partial charge on any atom is -0.497 e. The summed E-state index contributed by atoms with van der Waals surface area (Å²) >= 11 is 1.17. The van der Waals surface area contributed by atoms with Gasteiger partial charge in [0.2, 0.25) is 5.16 Å². The number of nitriles is 1. The molecule has 0 spiro atoms. The van der Waals surface area contributed by atoms with E-state index in [1.54, 1.807) is 18.2 Å². The summed E-state index contributed by atoms with van der Waals surface area (Å²) in [5.41, 5.74) is 0.466. The van der Waals surface area contributed by atoms with E-state index in [2.05, 4.69) is 26.3 Å². The van der Waals surface area contributed by atoms with Gasteiger partial charge in [0.25, 0.3) is 0 Å². The summed E-state index contributed by atoms with van der Waals surface area (Å²) in [6.07, 6.45) is 0.